The van der Waals surface area contributed by atoms with E-state index in [1.807, 2.05) is 6.07 Å². The third-order valence-corrected chi connectivity index (χ3v) is 4.08. The molecule has 1 aromatic heterocycles. The molecule has 0 radical (unpaired) electrons. The van der Waals surface area contributed by atoms with Crippen LogP contribution in [0.3, 0.4) is 0 Å². The smallest absolute Gasteiger partial charge is 0.120 e. The maximum Gasteiger partial charge on any atom is 0.120 e. The number of hydrogen-bond acceptors (Lipinski definition) is 2. The van der Waals surface area contributed by atoms with Gasteiger partial charge < -0.3 is 15.0 Å². The van der Waals surface area contributed by atoms with Crippen LogP contribution in [0.15, 0.2) is 24.4 Å². The van der Waals surface area contributed by atoms with Crippen molar-refractivity contribution in [2.24, 2.45) is 5.92 Å². The predicted molar refractivity (Wildman–Crippen MR) is 83.4 cm³/mol. The van der Waals surface area contributed by atoms with Crippen LogP contribution < -0.4 is 10.1 Å². The summed E-state index contributed by atoms with van der Waals surface area (Å²) >= 11 is 0. The topological polar surface area (TPSA) is 37.0 Å². The lowest BCUT2D eigenvalue weighted by molar-refractivity contribution is 0.243. The third kappa shape index (κ3) is 2.98. The molecule has 2 heterocycles. The molecule has 0 unspecified atom stereocenters. The Morgan fingerprint density at radius 2 is 2.05 bits per heavy atom. The summed E-state index contributed by atoms with van der Waals surface area (Å²) in [6, 6.07) is 6.36. The zero-order chi connectivity index (χ0) is 13.9. The van der Waals surface area contributed by atoms with Crippen LogP contribution in [0.25, 0.3) is 10.9 Å². The highest BCUT2D eigenvalue weighted by Gasteiger charge is 2.16. The molecule has 2 N–H and O–H groups in total. The number of aromatic nitrogens is 1. The molecule has 2 aromatic rings. The van der Waals surface area contributed by atoms with Crippen molar-refractivity contribution in [1.29, 1.82) is 0 Å². The molecule has 1 aliphatic heterocycles. The fraction of sp³-hybridized carbons (Fsp3) is 0.529. The first kappa shape index (κ1) is 13.5. The van der Waals surface area contributed by atoms with E-state index in [1.54, 1.807) is 0 Å². The van der Waals surface area contributed by atoms with Gasteiger partial charge in [0.15, 0.2) is 0 Å². The van der Waals surface area contributed by atoms with Crippen molar-refractivity contribution < 1.29 is 4.74 Å². The van der Waals surface area contributed by atoms with Gasteiger partial charge in [0.1, 0.15) is 5.75 Å². The van der Waals surface area contributed by atoms with Crippen molar-refractivity contribution in [2.45, 2.75) is 39.2 Å². The molecule has 20 heavy (non-hydrogen) atoms. The van der Waals surface area contributed by atoms with E-state index in [0.29, 0.717) is 0 Å². The summed E-state index contributed by atoms with van der Waals surface area (Å²) in [6.45, 7) is 6.46. The van der Waals surface area contributed by atoms with Gasteiger partial charge in [-0.3, -0.25) is 0 Å². The van der Waals surface area contributed by atoms with Gasteiger partial charge in [-0.2, -0.15) is 0 Å². The van der Waals surface area contributed by atoms with Gasteiger partial charge in [0, 0.05) is 17.1 Å². The minimum Gasteiger partial charge on any atom is -0.491 e. The van der Waals surface area contributed by atoms with Gasteiger partial charge in [-0.15, -0.1) is 0 Å². The highest BCUT2D eigenvalue weighted by molar-refractivity contribution is 5.84. The van der Waals surface area contributed by atoms with Gasteiger partial charge in [-0.1, -0.05) is 0 Å². The molecule has 0 spiro atoms. The molecule has 1 aromatic carbocycles. The van der Waals surface area contributed by atoms with Gasteiger partial charge in [0.25, 0.3) is 0 Å². The predicted octanol–water partition coefficient (Wildman–Crippen LogP) is 3.50. The normalized spacial score (nSPS) is 16.9. The number of aromatic amines is 1. The first-order valence-corrected chi connectivity index (χ1v) is 7.70. The highest BCUT2D eigenvalue weighted by Crippen LogP contribution is 2.28. The fourth-order valence-corrected chi connectivity index (χ4v) is 3.07. The van der Waals surface area contributed by atoms with Crippen LogP contribution in [0.1, 0.15) is 32.3 Å². The molecule has 0 amide bonds. The molecule has 1 saturated heterocycles. The molecule has 0 atom stereocenters. The Morgan fingerprint density at radius 3 is 2.80 bits per heavy atom. The fourth-order valence-electron chi connectivity index (χ4n) is 3.07. The SMILES string of the molecule is CC(C)Oc1ccc2[nH]cc(CC3CCNCC3)c2c1. The molecule has 3 nitrogen and oxygen atoms in total. The van der Waals surface area contributed by atoms with Crippen LogP contribution in [-0.4, -0.2) is 24.2 Å². The van der Waals surface area contributed by atoms with E-state index in [4.69, 9.17) is 4.74 Å². The van der Waals surface area contributed by atoms with Crippen molar-refractivity contribution >= 4 is 10.9 Å². The maximum absolute atomic E-state index is 5.81. The van der Waals surface area contributed by atoms with Crippen LogP contribution in [0.4, 0.5) is 0 Å². The van der Waals surface area contributed by atoms with E-state index in [9.17, 15) is 0 Å². The zero-order valence-electron chi connectivity index (χ0n) is 12.4. The van der Waals surface area contributed by atoms with Crippen molar-refractivity contribution in [3.05, 3.63) is 30.0 Å². The van der Waals surface area contributed by atoms with Crippen LogP contribution in [0.2, 0.25) is 0 Å². The largest absolute Gasteiger partial charge is 0.491 e. The van der Waals surface area contributed by atoms with E-state index in [1.165, 1.54) is 35.7 Å². The molecule has 3 heteroatoms. The van der Waals surface area contributed by atoms with Crippen LogP contribution >= 0.6 is 0 Å². The molecule has 3 rings (SSSR count). The van der Waals surface area contributed by atoms with E-state index < -0.39 is 0 Å². The summed E-state index contributed by atoms with van der Waals surface area (Å²) in [5.41, 5.74) is 2.64. The first-order valence-electron chi connectivity index (χ1n) is 7.70. The molecule has 0 saturated carbocycles. The summed E-state index contributed by atoms with van der Waals surface area (Å²) < 4.78 is 5.81. The number of H-pyrrole nitrogens is 1. The number of fused-ring (bicyclic) bond motifs is 1. The Balaban J connectivity index is 1.82. The van der Waals surface area contributed by atoms with Gasteiger partial charge in [0.2, 0.25) is 0 Å². The van der Waals surface area contributed by atoms with Crippen molar-refractivity contribution in [2.75, 3.05) is 13.1 Å². The van der Waals surface area contributed by atoms with Gasteiger partial charge >= 0.3 is 0 Å². The van der Waals surface area contributed by atoms with E-state index in [2.05, 4.69) is 42.5 Å². The second-order valence-electron chi connectivity index (χ2n) is 6.09. The van der Waals surface area contributed by atoms with Crippen molar-refractivity contribution in [1.82, 2.24) is 10.3 Å². The number of piperidine rings is 1. The Hall–Kier alpha value is -1.48. The summed E-state index contributed by atoms with van der Waals surface area (Å²) in [7, 11) is 0. The first-order chi connectivity index (χ1) is 9.72. The number of benzene rings is 1. The lowest BCUT2D eigenvalue weighted by Crippen LogP contribution is -2.28. The summed E-state index contributed by atoms with van der Waals surface area (Å²) in [4.78, 5) is 3.39. The number of nitrogens with one attached hydrogen (secondary N) is 2. The van der Waals surface area contributed by atoms with E-state index in [0.717, 1.165) is 24.8 Å². The standard InChI is InChI=1S/C17H24N2O/c1-12(2)20-15-3-4-17-16(10-15)14(11-19-17)9-13-5-7-18-8-6-13/h3-4,10-13,18-19H,5-9H2,1-2H3. The Kier molecular flexibility index (Phi) is 3.97. The van der Waals surface area contributed by atoms with Gasteiger partial charge in [0.05, 0.1) is 6.10 Å². The van der Waals surface area contributed by atoms with Crippen LogP contribution in [0.5, 0.6) is 5.75 Å². The monoisotopic (exact) mass is 272 g/mol. The second-order valence-corrected chi connectivity index (χ2v) is 6.09. The zero-order valence-corrected chi connectivity index (χ0v) is 12.4. The summed E-state index contributed by atoms with van der Waals surface area (Å²) in [5.74, 6) is 1.78. The molecule has 0 bridgehead atoms. The number of ether oxygens (including phenoxy) is 1. The van der Waals surface area contributed by atoms with Gasteiger partial charge in [-0.25, -0.2) is 0 Å². The quantitative estimate of drug-likeness (QED) is 0.894. The highest BCUT2D eigenvalue weighted by atomic mass is 16.5. The number of hydrogen-bond donors (Lipinski definition) is 2. The molecular formula is C17H24N2O. The maximum atomic E-state index is 5.81. The Labute approximate surface area is 120 Å². The lowest BCUT2D eigenvalue weighted by atomic mass is 9.91. The summed E-state index contributed by atoms with van der Waals surface area (Å²) in [6.07, 6.45) is 6.14. The molecule has 108 valence electrons. The lowest BCUT2D eigenvalue weighted by Gasteiger charge is -2.22. The number of rotatable bonds is 4. The van der Waals surface area contributed by atoms with Crippen LogP contribution in [0, 0.1) is 5.92 Å². The van der Waals surface area contributed by atoms with Crippen molar-refractivity contribution in [3.8, 4) is 5.75 Å². The molecular weight excluding hydrogens is 248 g/mol. The Morgan fingerprint density at radius 1 is 1.25 bits per heavy atom. The minimum atomic E-state index is 0.222. The van der Waals surface area contributed by atoms with Gasteiger partial charge in [-0.05, 0) is 75.9 Å². The van der Waals surface area contributed by atoms with Crippen molar-refractivity contribution in [3.63, 3.8) is 0 Å². The second kappa shape index (κ2) is 5.88. The molecule has 0 aliphatic carbocycles. The average Bonchev–Trinajstić information content (AvgIpc) is 2.82. The molecule has 1 aliphatic rings. The Bertz CT molecular complexity index is 567. The third-order valence-electron chi connectivity index (χ3n) is 4.08. The van der Waals surface area contributed by atoms with E-state index in [-0.39, 0.29) is 6.10 Å². The average molecular weight is 272 g/mol. The minimum absolute atomic E-state index is 0.222. The molecule has 1 fully saturated rings. The van der Waals surface area contributed by atoms with E-state index >= 15 is 0 Å². The van der Waals surface area contributed by atoms with Crippen LogP contribution in [-0.2, 0) is 6.42 Å². The summed E-state index contributed by atoms with van der Waals surface area (Å²) in [5, 5.41) is 4.76.